The number of Topliss-reactive ketones (excluding diaryl/α,β-unsaturated/α-hetero) is 1. The van der Waals surface area contributed by atoms with E-state index in [4.69, 9.17) is 4.74 Å². The van der Waals surface area contributed by atoms with Crippen molar-refractivity contribution in [2.24, 2.45) is 0 Å². The molecule has 29 heavy (non-hydrogen) atoms. The second-order valence-corrected chi connectivity index (χ2v) is 7.88. The third-order valence-corrected chi connectivity index (χ3v) is 5.33. The first-order valence-corrected chi connectivity index (χ1v) is 10.5. The highest BCUT2D eigenvalue weighted by atomic mass is 16.5. The van der Waals surface area contributed by atoms with Crippen LogP contribution in [0.3, 0.4) is 0 Å². The lowest BCUT2D eigenvalue weighted by Gasteiger charge is -2.35. The summed E-state index contributed by atoms with van der Waals surface area (Å²) >= 11 is 0. The summed E-state index contributed by atoms with van der Waals surface area (Å²) in [6.45, 7) is 6.96. The number of para-hydroxylation sites is 1. The highest BCUT2D eigenvalue weighted by Crippen LogP contribution is 2.10. The molecular formula is C24H32N2O3. The van der Waals surface area contributed by atoms with Gasteiger partial charge in [0, 0.05) is 39.1 Å². The molecule has 1 saturated heterocycles. The Morgan fingerprint density at radius 1 is 1.00 bits per heavy atom. The molecule has 1 atom stereocenters. The van der Waals surface area contributed by atoms with Gasteiger partial charge in [0.2, 0.25) is 0 Å². The number of rotatable bonds is 10. The van der Waals surface area contributed by atoms with E-state index >= 15 is 0 Å². The van der Waals surface area contributed by atoms with Crippen molar-refractivity contribution < 1.29 is 14.6 Å². The molecule has 0 aromatic heterocycles. The fourth-order valence-electron chi connectivity index (χ4n) is 3.56. The Balaban J connectivity index is 1.30. The number of β-amino-alcohol motifs (C(OH)–C–C–N with tert-alkyl or cyclic N) is 1. The molecule has 1 fully saturated rings. The Kier molecular flexibility index (Phi) is 8.23. The Morgan fingerprint density at radius 3 is 2.34 bits per heavy atom. The summed E-state index contributed by atoms with van der Waals surface area (Å²) in [5, 5.41) is 10.2. The van der Waals surface area contributed by atoms with E-state index in [1.807, 2.05) is 30.3 Å². The predicted molar refractivity (Wildman–Crippen MR) is 115 cm³/mol. The molecular weight excluding hydrogens is 364 g/mol. The van der Waals surface area contributed by atoms with E-state index in [-0.39, 0.29) is 0 Å². The minimum Gasteiger partial charge on any atom is -0.491 e. The number of carbonyl (C=O) groups excluding carboxylic acids is 1. The Labute approximate surface area is 173 Å². The molecule has 0 radical (unpaired) electrons. The Bertz CT molecular complexity index is 740. The summed E-state index contributed by atoms with van der Waals surface area (Å²) in [5.41, 5.74) is 2.47. The smallest absolute Gasteiger partial charge is 0.147 e. The van der Waals surface area contributed by atoms with Crippen molar-refractivity contribution in [3.05, 3.63) is 65.7 Å². The molecule has 1 N–H and O–H groups in total. The molecule has 1 heterocycles. The number of hydrogen-bond donors (Lipinski definition) is 1. The van der Waals surface area contributed by atoms with Crippen LogP contribution in [0.5, 0.6) is 5.75 Å². The SMILES string of the molecule is Cc1ccc(CCC(=O)CN2CCN(C[C@H](O)COc3ccccc3)CC2)cc1. The number of aliphatic hydroxyl groups excluding tert-OH is 1. The Morgan fingerprint density at radius 2 is 1.66 bits per heavy atom. The molecule has 5 nitrogen and oxygen atoms in total. The molecule has 2 aromatic rings. The van der Waals surface area contributed by atoms with Crippen LogP contribution in [0.1, 0.15) is 17.5 Å². The summed E-state index contributed by atoms with van der Waals surface area (Å²) in [4.78, 5) is 16.8. The number of ketones is 1. The fraction of sp³-hybridized carbons (Fsp3) is 0.458. The maximum absolute atomic E-state index is 12.3. The van der Waals surface area contributed by atoms with Crippen molar-refractivity contribution in [3.8, 4) is 5.75 Å². The van der Waals surface area contributed by atoms with Crippen molar-refractivity contribution in [2.75, 3.05) is 45.9 Å². The first-order chi connectivity index (χ1) is 14.1. The van der Waals surface area contributed by atoms with Gasteiger partial charge in [0.05, 0.1) is 6.54 Å². The van der Waals surface area contributed by atoms with Gasteiger partial charge >= 0.3 is 0 Å². The fourth-order valence-corrected chi connectivity index (χ4v) is 3.56. The van der Waals surface area contributed by atoms with Crippen LogP contribution in [0, 0.1) is 6.92 Å². The predicted octanol–water partition coefficient (Wildman–Crippen LogP) is 2.55. The molecule has 0 aliphatic carbocycles. The molecule has 3 rings (SSSR count). The van der Waals surface area contributed by atoms with Crippen LogP contribution in [-0.2, 0) is 11.2 Å². The Hall–Kier alpha value is -2.21. The van der Waals surface area contributed by atoms with E-state index in [0.717, 1.165) is 38.3 Å². The van der Waals surface area contributed by atoms with Crippen molar-refractivity contribution in [3.63, 3.8) is 0 Å². The summed E-state index contributed by atoms with van der Waals surface area (Å²) in [7, 11) is 0. The number of aliphatic hydroxyl groups is 1. The van der Waals surface area contributed by atoms with Gasteiger partial charge in [-0.1, -0.05) is 48.0 Å². The minimum absolute atomic E-state index is 0.293. The van der Waals surface area contributed by atoms with E-state index in [1.165, 1.54) is 11.1 Å². The average Bonchev–Trinajstić information content (AvgIpc) is 2.74. The first kappa shape index (κ1) is 21.5. The van der Waals surface area contributed by atoms with E-state index in [0.29, 0.717) is 31.9 Å². The van der Waals surface area contributed by atoms with Crippen molar-refractivity contribution in [1.82, 2.24) is 9.80 Å². The van der Waals surface area contributed by atoms with Crippen LogP contribution < -0.4 is 4.74 Å². The zero-order valence-corrected chi connectivity index (χ0v) is 17.3. The lowest BCUT2D eigenvalue weighted by molar-refractivity contribution is -0.120. The van der Waals surface area contributed by atoms with Gasteiger partial charge in [-0.3, -0.25) is 14.6 Å². The van der Waals surface area contributed by atoms with Crippen molar-refractivity contribution in [1.29, 1.82) is 0 Å². The topological polar surface area (TPSA) is 53.0 Å². The van der Waals surface area contributed by atoms with E-state index in [1.54, 1.807) is 0 Å². The van der Waals surface area contributed by atoms with Gasteiger partial charge in [0.1, 0.15) is 24.2 Å². The van der Waals surface area contributed by atoms with Gasteiger partial charge in [0.15, 0.2) is 0 Å². The maximum atomic E-state index is 12.3. The molecule has 0 bridgehead atoms. The van der Waals surface area contributed by atoms with Gasteiger partial charge in [-0.05, 0) is 31.0 Å². The number of aryl methyl sites for hydroxylation is 2. The second kappa shape index (κ2) is 11.1. The zero-order valence-electron chi connectivity index (χ0n) is 17.3. The number of ether oxygens (including phenoxy) is 1. The molecule has 5 heteroatoms. The zero-order chi connectivity index (χ0) is 20.5. The maximum Gasteiger partial charge on any atom is 0.147 e. The average molecular weight is 397 g/mol. The summed E-state index contributed by atoms with van der Waals surface area (Å²) in [6.07, 6.45) is 0.892. The lowest BCUT2D eigenvalue weighted by atomic mass is 10.1. The number of piperazine rings is 1. The van der Waals surface area contributed by atoms with E-state index in [2.05, 4.69) is 41.0 Å². The van der Waals surface area contributed by atoms with Crippen LogP contribution in [0.2, 0.25) is 0 Å². The van der Waals surface area contributed by atoms with Crippen LogP contribution in [0.15, 0.2) is 54.6 Å². The van der Waals surface area contributed by atoms with Crippen LogP contribution in [0.25, 0.3) is 0 Å². The molecule has 0 saturated carbocycles. The van der Waals surface area contributed by atoms with E-state index in [9.17, 15) is 9.90 Å². The number of carbonyl (C=O) groups is 1. The first-order valence-electron chi connectivity index (χ1n) is 10.5. The standard InChI is InChI=1S/C24H32N2O3/c1-20-7-9-21(10-8-20)11-12-22(27)17-25-13-15-26(16-14-25)18-23(28)19-29-24-5-3-2-4-6-24/h2-10,23,28H,11-19H2,1H3/t23-/m0/s1. The molecule has 1 aliphatic heterocycles. The highest BCUT2D eigenvalue weighted by Gasteiger charge is 2.21. The van der Waals surface area contributed by atoms with Crippen LogP contribution in [0.4, 0.5) is 0 Å². The lowest BCUT2D eigenvalue weighted by Crippen LogP contribution is -2.50. The summed E-state index contributed by atoms with van der Waals surface area (Å²) < 4.78 is 5.62. The quantitative estimate of drug-likeness (QED) is 0.669. The molecule has 0 unspecified atom stereocenters. The normalized spacial score (nSPS) is 16.5. The molecule has 0 spiro atoms. The molecule has 0 amide bonds. The van der Waals surface area contributed by atoms with Gasteiger partial charge < -0.3 is 9.84 Å². The van der Waals surface area contributed by atoms with Crippen LogP contribution in [-0.4, -0.2) is 72.7 Å². The van der Waals surface area contributed by atoms with E-state index < -0.39 is 6.10 Å². The molecule has 2 aromatic carbocycles. The van der Waals surface area contributed by atoms with Gasteiger partial charge in [-0.25, -0.2) is 0 Å². The second-order valence-electron chi connectivity index (χ2n) is 7.88. The molecule has 1 aliphatic rings. The summed E-state index contributed by atoms with van der Waals surface area (Å²) in [5.74, 6) is 1.08. The van der Waals surface area contributed by atoms with Gasteiger partial charge in [-0.2, -0.15) is 0 Å². The highest BCUT2D eigenvalue weighted by molar-refractivity contribution is 5.80. The number of benzene rings is 2. The number of nitrogens with zero attached hydrogens (tertiary/aromatic N) is 2. The largest absolute Gasteiger partial charge is 0.491 e. The molecule has 156 valence electrons. The minimum atomic E-state index is -0.516. The van der Waals surface area contributed by atoms with Crippen molar-refractivity contribution in [2.45, 2.75) is 25.9 Å². The van der Waals surface area contributed by atoms with Gasteiger partial charge in [-0.15, -0.1) is 0 Å². The monoisotopic (exact) mass is 396 g/mol. The number of hydrogen-bond acceptors (Lipinski definition) is 5. The summed E-state index contributed by atoms with van der Waals surface area (Å²) in [6, 6.07) is 18.0. The third-order valence-electron chi connectivity index (χ3n) is 5.33. The van der Waals surface area contributed by atoms with Gasteiger partial charge in [0.25, 0.3) is 0 Å². The third kappa shape index (κ3) is 7.61. The van der Waals surface area contributed by atoms with Crippen molar-refractivity contribution >= 4 is 5.78 Å². The van der Waals surface area contributed by atoms with Crippen LogP contribution >= 0.6 is 0 Å².